The van der Waals surface area contributed by atoms with Crippen LogP contribution in [0.15, 0.2) is 85.1 Å². The average molecular weight is 914 g/mol. The number of ether oxygens (including phenoxy) is 2. The highest BCUT2D eigenvalue weighted by Gasteiger charge is 2.45. The summed E-state index contributed by atoms with van der Waals surface area (Å²) in [5, 5.41) is 5.07. The van der Waals surface area contributed by atoms with E-state index >= 15 is 4.39 Å². The Morgan fingerprint density at radius 1 is 0.687 bits per heavy atom. The SMILES string of the molecule is O=C1CCC(N2C(=O)c3ccc(N4CCN(CCN5CCC(O[C@H]6C[C@H](Oc7ccc(C(=O)Nc8ccc(N9CCN(c%10ccccn%10)CC9)cc8)c(F)c7)C6)CC5)CC4)cc3C2=O)C(=O)N1. The lowest BCUT2D eigenvalue weighted by atomic mass is 9.91. The van der Waals surface area contributed by atoms with E-state index in [1.165, 1.54) is 12.1 Å². The van der Waals surface area contributed by atoms with E-state index in [4.69, 9.17) is 9.47 Å². The Morgan fingerprint density at radius 2 is 1.36 bits per heavy atom. The molecule has 0 bridgehead atoms. The second kappa shape index (κ2) is 19.4. The molecule has 4 aromatic rings. The van der Waals surface area contributed by atoms with Gasteiger partial charge in [-0.3, -0.25) is 39.1 Å². The molecule has 350 valence electrons. The number of piperazine rings is 2. The van der Waals surface area contributed by atoms with Gasteiger partial charge in [-0.05, 0) is 86.0 Å². The quantitative estimate of drug-likeness (QED) is 0.182. The summed E-state index contributed by atoms with van der Waals surface area (Å²) in [7, 11) is 0. The topological polar surface area (TPSA) is 160 Å². The minimum atomic E-state index is -0.976. The van der Waals surface area contributed by atoms with E-state index in [9.17, 15) is 24.0 Å². The number of fused-ring (bicyclic) bond motifs is 1. The van der Waals surface area contributed by atoms with Crippen molar-refractivity contribution in [1.29, 1.82) is 0 Å². The van der Waals surface area contributed by atoms with E-state index in [2.05, 4.69) is 40.1 Å². The smallest absolute Gasteiger partial charge is 0.262 e. The zero-order valence-corrected chi connectivity index (χ0v) is 37.5. The molecule has 5 amide bonds. The standard InChI is InChI=1S/C50H56FN9O7/c51-43-32-37(9-11-41(43)47(62)53-33-4-6-34(7-5-33)57-25-27-59(28-26-57)45-3-1-2-16-52-45)67-39-30-38(31-39)66-36-14-17-55(18-15-36)19-20-56-21-23-58(24-22-56)35-8-10-40-42(29-35)50(65)60(49(40)64)44-12-13-46(61)54-48(44)63/h1-11,16,29,32,36,38-39,44H,12-15,17-28,30-31H2,(H,53,62)(H,54,61,63)/t38-,39-,44?. The van der Waals surface area contributed by atoms with Crippen molar-refractivity contribution in [1.82, 2.24) is 25.0 Å². The number of rotatable bonds is 13. The maximum absolute atomic E-state index is 15.2. The number of piperidine rings is 2. The van der Waals surface area contributed by atoms with Crippen molar-refractivity contribution in [3.05, 3.63) is 108 Å². The van der Waals surface area contributed by atoms with E-state index in [0.717, 1.165) is 126 Å². The van der Waals surface area contributed by atoms with Gasteiger partial charge in [0.25, 0.3) is 17.7 Å². The summed E-state index contributed by atoms with van der Waals surface area (Å²) < 4.78 is 27.7. The summed E-state index contributed by atoms with van der Waals surface area (Å²) >= 11 is 0. The van der Waals surface area contributed by atoms with Crippen LogP contribution >= 0.6 is 0 Å². The minimum absolute atomic E-state index is 0.0412. The van der Waals surface area contributed by atoms with Crippen LogP contribution in [0.5, 0.6) is 5.75 Å². The summed E-state index contributed by atoms with van der Waals surface area (Å²) in [4.78, 5) is 80.8. The number of halogens is 1. The number of nitrogens with zero attached hydrogens (tertiary/aromatic N) is 7. The predicted molar refractivity (Wildman–Crippen MR) is 249 cm³/mol. The molecule has 16 nitrogen and oxygen atoms in total. The van der Waals surface area contributed by atoms with Crippen molar-refractivity contribution in [3.8, 4) is 5.75 Å². The van der Waals surface area contributed by atoms with Crippen molar-refractivity contribution >= 4 is 52.4 Å². The van der Waals surface area contributed by atoms with Gasteiger partial charge < -0.3 is 34.4 Å². The van der Waals surface area contributed by atoms with Gasteiger partial charge in [-0.15, -0.1) is 0 Å². The fraction of sp³-hybridized carbons (Fsp3) is 0.440. The Bertz CT molecular complexity index is 2480. The molecule has 1 saturated carbocycles. The van der Waals surface area contributed by atoms with Crippen LogP contribution in [0.1, 0.15) is 69.6 Å². The van der Waals surface area contributed by atoms with Gasteiger partial charge in [0.1, 0.15) is 29.5 Å². The Labute approximate surface area is 388 Å². The predicted octanol–water partition coefficient (Wildman–Crippen LogP) is 4.41. The molecule has 0 radical (unpaired) electrons. The number of nitrogens with one attached hydrogen (secondary N) is 2. The monoisotopic (exact) mass is 913 g/mol. The fourth-order valence-corrected chi connectivity index (χ4v) is 10.1. The molecule has 1 atom stereocenters. The maximum atomic E-state index is 15.2. The highest BCUT2D eigenvalue weighted by atomic mass is 19.1. The van der Waals surface area contributed by atoms with Gasteiger partial charge in [-0.25, -0.2) is 9.37 Å². The summed E-state index contributed by atoms with van der Waals surface area (Å²) in [6.07, 6.45) is 5.72. The van der Waals surface area contributed by atoms with Gasteiger partial charge in [-0.1, -0.05) is 6.07 Å². The van der Waals surface area contributed by atoms with Crippen LogP contribution in [0.3, 0.4) is 0 Å². The largest absolute Gasteiger partial charge is 0.490 e. The zero-order chi connectivity index (χ0) is 46.0. The van der Waals surface area contributed by atoms with E-state index in [1.807, 2.05) is 54.7 Å². The number of likely N-dealkylation sites (tertiary alicyclic amines) is 1. The van der Waals surface area contributed by atoms with Crippen LogP contribution in [-0.4, -0.2) is 152 Å². The second-order valence-electron chi connectivity index (χ2n) is 18.3. The molecule has 1 aromatic heterocycles. The number of hydrogen-bond donors (Lipinski definition) is 2. The molecule has 17 heteroatoms. The number of hydrogen-bond acceptors (Lipinski definition) is 13. The van der Waals surface area contributed by atoms with Crippen molar-refractivity contribution in [2.45, 2.75) is 62.9 Å². The van der Waals surface area contributed by atoms with E-state index < -0.39 is 41.4 Å². The summed E-state index contributed by atoms with van der Waals surface area (Å²) in [6, 6.07) is 22.3. The third kappa shape index (κ3) is 9.85. The number of carbonyl (C=O) groups excluding carboxylic acids is 5. The first-order chi connectivity index (χ1) is 32.6. The number of benzene rings is 3. The number of anilines is 4. The lowest BCUT2D eigenvalue weighted by Gasteiger charge is -2.40. The van der Waals surface area contributed by atoms with Gasteiger partial charge in [0.05, 0.1) is 28.9 Å². The lowest BCUT2D eigenvalue weighted by Crippen LogP contribution is -2.54. The van der Waals surface area contributed by atoms with E-state index in [0.29, 0.717) is 22.6 Å². The molecule has 4 saturated heterocycles. The first-order valence-corrected chi connectivity index (χ1v) is 23.6. The van der Waals surface area contributed by atoms with Crippen LogP contribution in [-0.2, 0) is 14.3 Å². The molecular formula is C50H56FN9O7. The van der Waals surface area contributed by atoms with Crippen molar-refractivity contribution in [2.24, 2.45) is 0 Å². The first kappa shape index (κ1) is 44.4. The van der Waals surface area contributed by atoms with Crippen molar-refractivity contribution in [2.75, 3.05) is 98.6 Å². The Morgan fingerprint density at radius 3 is 2.06 bits per heavy atom. The average Bonchev–Trinajstić information content (AvgIpc) is 3.58. The van der Waals surface area contributed by atoms with E-state index in [1.54, 1.807) is 18.2 Å². The molecular weight excluding hydrogens is 858 g/mol. The molecule has 0 spiro atoms. The van der Waals surface area contributed by atoms with Gasteiger partial charge >= 0.3 is 0 Å². The molecule has 67 heavy (non-hydrogen) atoms. The zero-order valence-electron chi connectivity index (χ0n) is 37.5. The van der Waals surface area contributed by atoms with Crippen LogP contribution in [0.25, 0.3) is 0 Å². The van der Waals surface area contributed by atoms with Gasteiger partial charge in [0.2, 0.25) is 11.8 Å². The molecule has 5 aliphatic heterocycles. The Hall–Kier alpha value is -6.43. The number of carbonyl (C=O) groups is 5. The number of imide groups is 2. The third-order valence-electron chi connectivity index (χ3n) is 14.1. The van der Waals surface area contributed by atoms with E-state index in [-0.39, 0.29) is 36.7 Å². The molecule has 3 aromatic carbocycles. The summed E-state index contributed by atoms with van der Waals surface area (Å²) in [5.41, 5.74) is 3.09. The highest BCUT2D eigenvalue weighted by molar-refractivity contribution is 6.23. The van der Waals surface area contributed by atoms with Crippen LogP contribution < -0.4 is 30.1 Å². The van der Waals surface area contributed by atoms with Crippen molar-refractivity contribution < 1.29 is 37.8 Å². The normalized spacial score (nSPS) is 23.0. The molecule has 6 heterocycles. The summed E-state index contributed by atoms with van der Waals surface area (Å²) in [5.74, 6) is -1.75. The number of aromatic nitrogens is 1. The molecule has 10 rings (SSSR count). The second-order valence-corrected chi connectivity index (χ2v) is 18.3. The molecule has 2 N–H and O–H groups in total. The molecule has 1 unspecified atom stereocenters. The Kier molecular flexibility index (Phi) is 12.9. The maximum Gasteiger partial charge on any atom is 0.262 e. The van der Waals surface area contributed by atoms with Gasteiger partial charge in [0.15, 0.2) is 0 Å². The van der Waals surface area contributed by atoms with Gasteiger partial charge in [-0.2, -0.15) is 0 Å². The third-order valence-corrected chi connectivity index (χ3v) is 14.1. The number of amides is 5. The van der Waals surface area contributed by atoms with Crippen LogP contribution in [0.2, 0.25) is 0 Å². The lowest BCUT2D eigenvalue weighted by molar-refractivity contribution is -0.136. The minimum Gasteiger partial charge on any atom is -0.490 e. The van der Waals surface area contributed by atoms with Crippen molar-refractivity contribution in [3.63, 3.8) is 0 Å². The van der Waals surface area contributed by atoms with Crippen LogP contribution in [0, 0.1) is 5.82 Å². The summed E-state index contributed by atoms with van der Waals surface area (Å²) in [6.45, 7) is 10.7. The molecule has 6 aliphatic rings. The molecule has 1 aliphatic carbocycles. The highest BCUT2D eigenvalue weighted by Crippen LogP contribution is 2.33. The first-order valence-electron chi connectivity index (χ1n) is 23.6. The van der Waals surface area contributed by atoms with Gasteiger partial charge in [0, 0.05) is 127 Å². The Balaban J connectivity index is 0.601. The fourth-order valence-electron chi connectivity index (χ4n) is 10.1. The van der Waals surface area contributed by atoms with Crippen LogP contribution in [0.4, 0.5) is 27.3 Å². The number of pyridine rings is 1. The molecule has 5 fully saturated rings.